The lowest BCUT2D eigenvalue weighted by Crippen LogP contribution is -2.37. The zero-order chi connectivity index (χ0) is 16.2. The summed E-state index contributed by atoms with van der Waals surface area (Å²) < 4.78 is 0. The normalized spacial score (nSPS) is 24.2. The van der Waals surface area contributed by atoms with Crippen molar-refractivity contribution < 1.29 is 4.79 Å². The number of hydrogen-bond acceptors (Lipinski definition) is 4. The molecule has 0 aliphatic carbocycles. The van der Waals surface area contributed by atoms with Crippen LogP contribution in [0.15, 0.2) is 24.3 Å². The molecule has 2 heterocycles. The number of amides is 1. The third-order valence-corrected chi connectivity index (χ3v) is 5.00. The van der Waals surface area contributed by atoms with Crippen LogP contribution in [0.5, 0.6) is 0 Å². The van der Waals surface area contributed by atoms with Crippen LogP contribution >= 0.6 is 24.8 Å². The maximum Gasteiger partial charge on any atom is 0.241 e. The summed E-state index contributed by atoms with van der Waals surface area (Å²) in [5.74, 6) is 0.0616. The van der Waals surface area contributed by atoms with Crippen LogP contribution in [0.4, 0.5) is 5.69 Å². The number of benzene rings is 1. The summed E-state index contributed by atoms with van der Waals surface area (Å²) in [5.41, 5.74) is 8.12. The molecule has 0 unspecified atom stereocenters. The van der Waals surface area contributed by atoms with Gasteiger partial charge in [-0.15, -0.1) is 24.8 Å². The standard InChI is InChI=1S/C18H28N4O.2ClH/c1-21-13-15(19)11-17(21)18(23)20-16-8-4-3-7-14(16)12-22-9-5-2-6-10-22;;/h3-4,7-8,15,17H,2,5-6,9-13,19H2,1H3,(H,20,23);2*1H/t15-,17-;;/m0../s1. The van der Waals surface area contributed by atoms with E-state index in [1.807, 2.05) is 30.1 Å². The van der Waals surface area contributed by atoms with Gasteiger partial charge in [0.05, 0.1) is 6.04 Å². The van der Waals surface area contributed by atoms with Crippen LogP contribution in [0, 0.1) is 0 Å². The van der Waals surface area contributed by atoms with E-state index in [0.29, 0.717) is 0 Å². The first-order valence-corrected chi connectivity index (χ1v) is 8.70. The summed E-state index contributed by atoms with van der Waals surface area (Å²) in [4.78, 5) is 17.1. The topological polar surface area (TPSA) is 61.6 Å². The van der Waals surface area contributed by atoms with Crippen LogP contribution in [-0.2, 0) is 11.3 Å². The van der Waals surface area contributed by atoms with Crippen molar-refractivity contribution in [3.05, 3.63) is 29.8 Å². The van der Waals surface area contributed by atoms with E-state index in [2.05, 4.69) is 16.3 Å². The second-order valence-corrected chi connectivity index (χ2v) is 6.93. The number of nitrogens with two attached hydrogens (primary N) is 1. The van der Waals surface area contributed by atoms with E-state index in [1.165, 1.54) is 24.8 Å². The summed E-state index contributed by atoms with van der Waals surface area (Å²) in [6.45, 7) is 4.01. The summed E-state index contributed by atoms with van der Waals surface area (Å²) in [7, 11) is 1.97. The molecule has 142 valence electrons. The molecule has 1 amide bonds. The quantitative estimate of drug-likeness (QED) is 0.831. The number of anilines is 1. The number of likely N-dealkylation sites (N-methyl/N-ethyl adjacent to an activating group) is 1. The maximum atomic E-state index is 12.6. The van der Waals surface area contributed by atoms with Crippen LogP contribution < -0.4 is 11.1 Å². The van der Waals surface area contributed by atoms with Crippen molar-refractivity contribution in [2.45, 2.75) is 44.3 Å². The van der Waals surface area contributed by atoms with E-state index in [9.17, 15) is 4.79 Å². The van der Waals surface area contributed by atoms with E-state index >= 15 is 0 Å². The molecule has 1 aromatic carbocycles. The van der Waals surface area contributed by atoms with Gasteiger partial charge < -0.3 is 11.1 Å². The Morgan fingerprint density at radius 3 is 2.52 bits per heavy atom. The largest absolute Gasteiger partial charge is 0.326 e. The van der Waals surface area contributed by atoms with Crippen molar-refractivity contribution in [2.75, 3.05) is 32.0 Å². The molecule has 1 aromatic rings. The van der Waals surface area contributed by atoms with Gasteiger partial charge in [0, 0.05) is 24.8 Å². The number of likely N-dealkylation sites (tertiary alicyclic amines) is 2. The van der Waals surface area contributed by atoms with Gasteiger partial charge in [0.2, 0.25) is 5.91 Å². The van der Waals surface area contributed by atoms with Gasteiger partial charge in [0.25, 0.3) is 0 Å². The van der Waals surface area contributed by atoms with Crippen LogP contribution in [0.3, 0.4) is 0 Å². The highest BCUT2D eigenvalue weighted by atomic mass is 35.5. The van der Waals surface area contributed by atoms with Gasteiger partial charge in [0.1, 0.15) is 0 Å². The number of carbonyl (C=O) groups is 1. The molecular formula is C18H30Cl2N4O. The molecular weight excluding hydrogens is 359 g/mol. The summed E-state index contributed by atoms with van der Waals surface area (Å²) >= 11 is 0. The minimum atomic E-state index is -0.118. The third-order valence-electron chi connectivity index (χ3n) is 5.00. The molecule has 25 heavy (non-hydrogen) atoms. The monoisotopic (exact) mass is 388 g/mol. The SMILES string of the molecule is CN1C[C@@H](N)C[C@H]1C(=O)Nc1ccccc1CN1CCCCC1.Cl.Cl. The van der Waals surface area contributed by atoms with Gasteiger partial charge >= 0.3 is 0 Å². The van der Waals surface area contributed by atoms with E-state index in [-0.39, 0.29) is 42.8 Å². The zero-order valence-corrected chi connectivity index (χ0v) is 16.5. The van der Waals surface area contributed by atoms with Gasteiger partial charge in [-0.3, -0.25) is 14.6 Å². The van der Waals surface area contributed by atoms with E-state index in [0.717, 1.165) is 38.3 Å². The molecule has 3 N–H and O–H groups in total. The Bertz CT molecular complexity index is 552. The van der Waals surface area contributed by atoms with Gasteiger partial charge in [-0.25, -0.2) is 0 Å². The maximum absolute atomic E-state index is 12.6. The first-order valence-electron chi connectivity index (χ1n) is 8.70. The Balaban J connectivity index is 0.00000156. The minimum absolute atomic E-state index is 0. The molecule has 7 heteroatoms. The van der Waals surface area contributed by atoms with Crippen molar-refractivity contribution in [1.29, 1.82) is 0 Å². The van der Waals surface area contributed by atoms with Gasteiger partial charge in [-0.1, -0.05) is 24.6 Å². The molecule has 0 spiro atoms. The molecule has 3 rings (SSSR count). The molecule has 2 atom stereocenters. The van der Waals surface area contributed by atoms with Gasteiger partial charge in [-0.05, 0) is 51.0 Å². The first-order chi connectivity index (χ1) is 11.1. The lowest BCUT2D eigenvalue weighted by molar-refractivity contribution is -0.119. The van der Waals surface area contributed by atoms with Gasteiger partial charge in [0.15, 0.2) is 0 Å². The number of piperidine rings is 1. The Labute approximate surface area is 163 Å². The first kappa shape index (κ1) is 22.2. The Hall–Kier alpha value is -0.850. The van der Waals surface area contributed by atoms with E-state index in [1.54, 1.807) is 0 Å². The summed E-state index contributed by atoms with van der Waals surface area (Å²) in [5, 5.41) is 3.13. The summed E-state index contributed by atoms with van der Waals surface area (Å²) in [6, 6.07) is 8.14. The second kappa shape index (κ2) is 10.3. The number of para-hydroxylation sites is 1. The highest BCUT2D eigenvalue weighted by Crippen LogP contribution is 2.22. The lowest BCUT2D eigenvalue weighted by Gasteiger charge is -2.27. The second-order valence-electron chi connectivity index (χ2n) is 6.93. The Morgan fingerprint density at radius 1 is 1.20 bits per heavy atom. The highest BCUT2D eigenvalue weighted by Gasteiger charge is 2.32. The average molecular weight is 389 g/mol. The zero-order valence-electron chi connectivity index (χ0n) is 14.8. The Kier molecular flexibility index (Phi) is 9.17. The van der Waals surface area contributed by atoms with Crippen molar-refractivity contribution >= 4 is 36.4 Å². The molecule has 0 radical (unpaired) electrons. The Morgan fingerprint density at radius 2 is 1.88 bits per heavy atom. The number of nitrogens with one attached hydrogen (secondary N) is 1. The third kappa shape index (κ3) is 5.83. The van der Waals surface area contributed by atoms with Crippen molar-refractivity contribution in [1.82, 2.24) is 9.80 Å². The molecule has 2 aliphatic rings. The number of hydrogen-bond donors (Lipinski definition) is 2. The fourth-order valence-corrected chi connectivity index (χ4v) is 3.70. The fourth-order valence-electron chi connectivity index (χ4n) is 3.70. The lowest BCUT2D eigenvalue weighted by atomic mass is 10.1. The van der Waals surface area contributed by atoms with Crippen LogP contribution in [0.2, 0.25) is 0 Å². The molecule has 2 aliphatic heterocycles. The molecule has 5 nitrogen and oxygen atoms in total. The smallest absolute Gasteiger partial charge is 0.241 e. The molecule has 2 saturated heterocycles. The molecule has 0 saturated carbocycles. The highest BCUT2D eigenvalue weighted by molar-refractivity contribution is 5.95. The van der Waals surface area contributed by atoms with E-state index < -0.39 is 0 Å². The van der Waals surface area contributed by atoms with Crippen molar-refractivity contribution in [2.24, 2.45) is 5.73 Å². The predicted molar refractivity (Wildman–Crippen MR) is 108 cm³/mol. The molecule has 0 bridgehead atoms. The van der Waals surface area contributed by atoms with Gasteiger partial charge in [-0.2, -0.15) is 0 Å². The minimum Gasteiger partial charge on any atom is -0.326 e. The van der Waals surface area contributed by atoms with Crippen LogP contribution in [0.1, 0.15) is 31.2 Å². The summed E-state index contributed by atoms with van der Waals surface area (Å²) in [6.07, 6.45) is 4.62. The molecule has 0 aromatic heterocycles. The van der Waals surface area contributed by atoms with Crippen molar-refractivity contribution in [3.63, 3.8) is 0 Å². The number of carbonyl (C=O) groups excluding carboxylic acids is 1. The van der Waals surface area contributed by atoms with Crippen LogP contribution in [0.25, 0.3) is 0 Å². The average Bonchev–Trinajstić information content (AvgIpc) is 2.89. The number of rotatable bonds is 4. The number of nitrogens with zero attached hydrogens (tertiary/aromatic N) is 2. The fraction of sp³-hybridized carbons (Fsp3) is 0.611. The van der Waals surface area contributed by atoms with E-state index in [4.69, 9.17) is 5.73 Å². The van der Waals surface area contributed by atoms with Crippen molar-refractivity contribution in [3.8, 4) is 0 Å². The van der Waals surface area contributed by atoms with Crippen LogP contribution in [-0.4, -0.2) is 54.5 Å². The molecule has 2 fully saturated rings. The predicted octanol–water partition coefficient (Wildman–Crippen LogP) is 2.49. The number of halogens is 2.